The zero-order chi connectivity index (χ0) is 8.27. The van der Waals surface area contributed by atoms with E-state index in [9.17, 15) is 0 Å². The zero-order valence-corrected chi connectivity index (χ0v) is 9.22. The van der Waals surface area contributed by atoms with Crippen LogP contribution >= 0.6 is 0 Å². The first kappa shape index (κ1) is 8.28. The molecule has 0 aromatic heterocycles. The molecule has 0 atom stereocenters. The van der Waals surface area contributed by atoms with E-state index in [1.807, 2.05) is 6.08 Å². The van der Waals surface area contributed by atoms with Gasteiger partial charge in [0.2, 0.25) is 0 Å². The molecule has 0 aliphatic rings. The fourth-order valence-corrected chi connectivity index (χ4v) is 2.20. The molecule has 0 heterocycles. The fourth-order valence-electron chi connectivity index (χ4n) is 1.31. The smallest absolute Gasteiger partial charge is 0.0396 e. The van der Waals surface area contributed by atoms with Gasteiger partial charge in [-0.15, -0.1) is 0 Å². The second-order valence-corrected chi connectivity index (χ2v) is 3.69. The quantitative estimate of drug-likeness (QED) is 0.566. The van der Waals surface area contributed by atoms with Gasteiger partial charge in [0.1, 0.15) is 0 Å². The Kier molecular flexibility index (Phi) is 2.66. The van der Waals surface area contributed by atoms with Crippen LogP contribution < -0.4 is 5.19 Å². The first-order chi connectivity index (χ1) is 5.29. The van der Waals surface area contributed by atoms with E-state index in [1.165, 1.54) is 16.3 Å². The first-order valence-electron chi connectivity index (χ1n) is 4.00. The van der Waals surface area contributed by atoms with Crippen LogP contribution in [0.3, 0.4) is 0 Å². The average Bonchev–Trinajstić information content (AvgIpc) is 2.05. The minimum atomic E-state index is 1.13. The third-order valence-electron chi connectivity index (χ3n) is 2.09. The Balaban J connectivity index is 3.20. The number of aryl methyl sites for hydroxylation is 1. The molecule has 0 aliphatic carbocycles. The summed E-state index contributed by atoms with van der Waals surface area (Å²) in [6.45, 7) is 5.99. The highest BCUT2D eigenvalue weighted by Crippen LogP contribution is 2.02. The van der Waals surface area contributed by atoms with Crippen LogP contribution in [0.1, 0.15) is 18.1 Å². The van der Waals surface area contributed by atoms with E-state index in [-0.39, 0.29) is 0 Å². The summed E-state index contributed by atoms with van der Waals surface area (Å²) < 4.78 is 0. The van der Waals surface area contributed by atoms with Crippen LogP contribution in [0.15, 0.2) is 24.8 Å². The van der Waals surface area contributed by atoms with Crippen molar-refractivity contribution in [3.63, 3.8) is 0 Å². The van der Waals surface area contributed by atoms with Crippen LogP contribution in [-0.2, 0) is 6.42 Å². The molecule has 0 radical (unpaired) electrons. The third-order valence-corrected chi connectivity index (χ3v) is 3.31. The van der Waals surface area contributed by atoms with E-state index in [4.69, 9.17) is 0 Å². The zero-order valence-electron chi connectivity index (χ0n) is 7.22. The fraction of sp³-hybridized carbons (Fsp3) is 0.200. The Morgan fingerprint density at radius 3 is 2.82 bits per heavy atom. The van der Waals surface area contributed by atoms with Crippen molar-refractivity contribution in [1.29, 1.82) is 0 Å². The van der Waals surface area contributed by atoms with E-state index in [0.29, 0.717) is 0 Å². The Bertz CT molecular complexity index is 264. The van der Waals surface area contributed by atoms with Crippen LogP contribution in [0.2, 0.25) is 0 Å². The third kappa shape index (κ3) is 1.60. The summed E-state index contributed by atoms with van der Waals surface area (Å²) in [6.07, 6.45) is 3.09. The predicted octanol–water partition coefficient (Wildman–Crippen LogP) is 0.883. The summed E-state index contributed by atoms with van der Waals surface area (Å²) in [4.78, 5) is 0. The number of rotatable bonds is 2. The molecule has 1 heteroatoms. The maximum absolute atomic E-state index is 3.79. The molecule has 0 unspecified atom stereocenters. The van der Waals surface area contributed by atoms with Crippen molar-refractivity contribution in [2.45, 2.75) is 13.3 Å². The van der Waals surface area contributed by atoms with E-state index < -0.39 is 0 Å². The van der Waals surface area contributed by atoms with E-state index in [2.05, 4.69) is 31.7 Å². The van der Waals surface area contributed by atoms with Gasteiger partial charge >= 0.3 is 0 Å². The van der Waals surface area contributed by atoms with Crippen LogP contribution in [0.25, 0.3) is 6.08 Å². The maximum Gasteiger partial charge on any atom is 0.0396 e. The molecule has 1 aromatic rings. The summed E-state index contributed by atoms with van der Waals surface area (Å²) in [7, 11) is 1.13. The molecular weight excluding hydrogens is 148 g/mol. The molecular formula is C10H14Si. The second-order valence-electron chi connectivity index (χ2n) is 2.69. The first-order valence-corrected chi connectivity index (χ1v) is 5.00. The topological polar surface area (TPSA) is 0 Å². The average molecular weight is 162 g/mol. The molecule has 0 spiro atoms. The normalized spacial score (nSPS) is 9.91. The molecule has 0 nitrogen and oxygen atoms in total. The predicted molar refractivity (Wildman–Crippen MR) is 55.5 cm³/mol. The highest BCUT2D eigenvalue weighted by atomic mass is 28.1. The van der Waals surface area contributed by atoms with Crippen molar-refractivity contribution in [3.8, 4) is 0 Å². The summed E-state index contributed by atoms with van der Waals surface area (Å²) in [5.41, 5.74) is 2.80. The molecule has 0 bridgehead atoms. The van der Waals surface area contributed by atoms with E-state index in [0.717, 1.165) is 16.7 Å². The maximum atomic E-state index is 3.79. The van der Waals surface area contributed by atoms with Crippen LogP contribution in [0, 0.1) is 0 Å². The summed E-state index contributed by atoms with van der Waals surface area (Å²) in [6, 6.07) is 6.45. The summed E-state index contributed by atoms with van der Waals surface area (Å²) in [5.74, 6) is 0. The standard InChI is InChI=1S/C10H14Si/c1-3-8-6-5-7-9(4-2)10(8)11/h3,5-7H,1,4H2,2,11H3. The van der Waals surface area contributed by atoms with Gasteiger partial charge < -0.3 is 0 Å². The number of hydrogen-bond acceptors (Lipinski definition) is 0. The Hall–Kier alpha value is -0.823. The molecule has 1 aromatic carbocycles. The number of benzene rings is 1. The number of hydrogen-bond donors (Lipinski definition) is 0. The lowest BCUT2D eigenvalue weighted by Gasteiger charge is -2.05. The van der Waals surface area contributed by atoms with Gasteiger partial charge in [-0.2, -0.15) is 0 Å². The molecule has 58 valence electrons. The molecule has 0 amide bonds. The lowest BCUT2D eigenvalue weighted by molar-refractivity contribution is 1.15. The van der Waals surface area contributed by atoms with Gasteiger partial charge in [0.05, 0.1) is 0 Å². The van der Waals surface area contributed by atoms with E-state index in [1.54, 1.807) is 0 Å². The van der Waals surface area contributed by atoms with E-state index >= 15 is 0 Å². The van der Waals surface area contributed by atoms with Gasteiger partial charge in [-0.05, 0) is 17.5 Å². The largest absolute Gasteiger partial charge is 0.0985 e. The van der Waals surface area contributed by atoms with Crippen LogP contribution in [-0.4, -0.2) is 10.2 Å². The Labute approximate surface area is 71.4 Å². The molecule has 1 rings (SSSR count). The lowest BCUT2D eigenvalue weighted by atomic mass is 10.1. The van der Waals surface area contributed by atoms with Crippen molar-refractivity contribution < 1.29 is 0 Å². The van der Waals surface area contributed by atoms with Crippen LogP contribution in [0.5, 0.6) is 0 Å². The molecule has 11 heavy (non-hydrogen) atoms. The van der Waals surface area contributed by atoms with Crippen LogP contribution in [0.4, 0.5) is 0 Å². The molecule has 0 N–H and O–H groups in total. The van der Waals surface area contributed by atoms with Gasteiger partial charge in [0.15, 0.2) is 0 Å². The minimum Gasteiger partial charge on any atom is -0.0985 e. The Morgan fingerprint density at radius 1 is 1.55 bits per heavy atom. The highest BCUT2D eigenvalue weighted by molar-refractivity contribution is 6.35. The second kappa shape index (κ2) is 3.53. The van der Waals surface area contributed by atoms with Gasteiger partial charge in [0, 0.05) is 10.2 Å². The van der Waals surface area contributed by atoms with Crippen molar-refractivity contribution in [3.05, 3.63) is 35.9 Å². The summed E-state index contributed by atoms with van der Waals surface area (Å²) >= 11 is 0. The SMILES string of the molecule is C=Cc1cccc(CC)c1[SiH3]. The van der Waals surface area contributed by atoms with Gasteiger partial charge in [0.25, 0.3) is 0 Å². The minimum absolute atomic E-state index is 1.13. The van der Waals surface area contributed by atoms with Gasteiger partial charge in [-0.3, -0.25) is 0 Å². The van der Waals surface area contributed by atoms with Crippen molar-refractivity contribution in [2.24, 2.45) is 0 Å². The monoisotopic (exact) mass is 162 g/mol. The molecule has 0 saturated heterocycles. The Morgan fingerprint density at radius 2 is 2.27 bits per heavy atom. The lowest BCUT2D eigenvalue weighted by Crippen LogP contribution is -2.12. The summed E-state index contributed by atoms with van der Waals surface area (Å²) in [5, 5.41) is 1.50. The van der Waals surface area contributed by atoms with Crippen molar-refractivity contribution in [2.75, 3.05) is 0 Å². The van der Waals surface area contributed by atoms with Gasteiger partial charge in [-0.1, -0.05) is 43.0 Å². The van der Waals surface area contributed by atoms with Crippen molar-refractivity contribution in [1.82, 2.24) is 0 Å². The van der Waals surface area contributed by atoms with Gasteiger partial charge in [-0.25, -0.2) is 0 Å². The highest BCUT2D eigenvalue weighted by Gasteiger charge is 1.97. The molecule has 0 saturated carbocycles. The van der Waals surface area contributed by atoms with Crippen molar-refractivity contribution >= 4 is 21.5 Å². The molecule has 0 aliphatic heterocycles. The molecule has 0 fully saturated rings.